The summed E-state index contributed by atoms with van der Waals surface area (Å²) in [5.74, 6) is 0.171. The predicted octanol–water partition coefficient (Wildman–Crippen LogP) is 1.86. The summed E-state index contributed by atoms with van der Waals surface area (Å²) in [7, 11) is 0. The summed E-state index contributed by atoms with van der Waals surface area (Å²) >= 11 is 0. The van der Waals surface area contributed by atoms with Crippen LogP contribution in [0.4, 0.5) is 4.79 Å². The number of carbonyl (C=O) groups excluding carboxylic acids is 2. The quantitative estimate of drug-likeness (QED) is 0.774. The molecule has 0 atom stereocenters. The molecule has 0 spiro atoms. The van der Waals surface area contributed by atoms with E-state index in [0.29, 0.717) is 19.4 Å². The fraction of sp³-hybridized carbons (Fsp3) is 0.556. The number of benzene rings is 1. The minimum atomic E-state index is -0.442. The van der Waals surface area contributed by atoms with Crippen LogP contribution in [-0.4, -0.2) is 61.1 Å². The Kier molecular flexibility index (Phi) is 7.55. The number of hydrogen-bond acceptors (Lipinski definition) is 4. The van der Waals surface area contributed by atoms with Crippen LogP contribution in [0.15, 0.2) is 30.3 Å². The Morgan fingerprint density at radius 1 is 1.12 bits per heavy atom. The third-order valence-electron chi connectivity index (χ3n) is 4.22. The van der Waals surface area contributed by atoms with Gasteiger partial charge >= 0.3 is 6.09 Å². The van der Waals surface area contributed by atoms with Crippen LogP contribution in [-0.2, 0) is 16.1 Å². The van der Waals surface area contributed by atoms with E-state index in [9.17, 15) is 9.59 Å². The Morgan fingerprint density at radius 2 is 1.83 bits per heavy atom. The molecule has 24 heavy (non-hydrogen) atoms. The number of piperazine rings is 1. The molecule has 0 radical (unpaired) electrons. The fourth-order valence-electron chi connectivity index (χ4n) is 2.68. The number of amides is 2. The van der Waals surface area contributed by atoms with Crippen molar-refractivity contribution >= 4 is 12.0 Å². The molecular formula is C18H27N3O3. The van der Waals surface area contributed by atoms with Crippen LogP contribution in [0, 0.1) is 0 Å². The first-order valence-corrected chi connectivity index (χ1v) is 8.63. The average molecular weight is 333 g/mol. The zero-order valence-corrected chi connectivity index (χ0v) is 14.4. The van der Waals surface area contributed by atoms with Gasteiger partial charge in [-0.3, -0.25) is 4.79 Å². The summed E-state index contributed by atoms with van der Waals surface area (Å²) < 4.78 is 5.12. The van der Waals surface area contributed by atoms with Gasteiger partial charge in [0.1, 0.15) is 6.61 Å². The molecule has 1 aliphatic heterocycles. The third-order valence-corrected chi connectivity index (χ3v) is 4.22. The highest BCUT2D eigenvalue weighted by molar-refractivity contribution is 5.76. The zero-order valence-electron chi connectivity index (χ0n) is 14.4. The van der Waals surface area contributed by atoms with E-state index in [1.165, 1.54) is 0 Å². The number of nitrogens with one attached hydrogen (secondary N) is 1. The Bertz CT molecular complexity index is 514. The maximum Gasteiger partial charge on any atom is 0.407 e. The highest BCUT2D eigenvalue weighted by Crippen LogP contribution is 2.05. The molecule has 1 fully saturated rings. The summed E-state index contributed by atoms with van der Waals surface area (Å²) in [6.07, 6.45) is 0.654. The van der Waals surface area contributed by atoms with Crippen LogP contribution in [0.1, 0.15) is 25.3 Å². The van der Waals surface area contributed by atoms with Crippen LogP contribution < -0.4 is 5.32 Å². The normalized spacial score (nSPS) is 15.1. The van der Waals surface area contributed by atoms with Crippen molar-refractivity contribution < 1.29 is 14.3 Å². The molecule has 1 heterocycles. The Balaban J connectivity index is 1.54. The summed E-state index contributed by atoms with van der Waals surface area (Å²) in [5.41, 5.74) is 0.953. The van der Waals surface area contributed by atoms with Gasteiger partial charge in [0.25, 0.3) is 0 Å². The van der Waals surface area contributed by atoms with Crippen molar-refractivity contribution in [2.24, 2.45) is 0 Å². The Hall–Kier alpha value is -2.08. The second-order valence-electron chi connectivity index (χ2n) is 5.91. The van der Waals surface area contributed by atoms with Gasteiger partial charge in [0, 0.05) is 39.1 Å². The van der Waals surface area contributed by atoms with Gasteiger partial charge in [-0.1, -0.05) is 37.3 Å². The standard InChI is InChI=1S/C18H27N3O3/c1-2-20-11-13-21(14-12-20)17(22)9-6-10-19-18(23)24-15-16-7-4-3-5-8-16/h3-5,7-8H,2,6,9-15H2,1H3,(H,19,23). The molecule has 2 rings (SSSR count). The van der Waals surface area contributed by atoms with Gasteiger partial charge in [0.2, 0.25) is 5.91 Å². The molecule has 132 valence electrons. The van der Waals surface area contributed by atoms with Gasteiger partial charge in [-0.05, 0) is 18.5 Å². The van der Waals surface area contributed by atoms with Crippen LogP contribution in [0.2, 0.25) is 0 Å². The van der Waals surface area contributed by atoms with Crippen molar-refractivity contribution in [2.45, 2.75) is 26.4 Å². The minimum absolute atomic E-state index is 0.171. The maximum atomic E-state index is 12.1. The third kappa shape index (κ3) is 6.20. The maximum absolute atomic E-state index is 12.1. The van der Waals surface area contributed by atoms with E-state index in [4.69, 9.17) is 4.74 Å². The van der Waals surface area contributed by atoms with Gasteiger partial charge in [0.05, 0.1) is 0 Å². The highest BCUT2D eigenvalue weighted by atomic mass is 16.5. The number of hydrogen-bond donors (Lipinski definition) is 1. The molecule has 0 saturated carbocycles. The van der Waals surface area contributed by atoms with Gasteiger partial charge in [-0.25, -0.2) is 4.79 Å². The molecule has 1 aliphatic rings. The van der Waals surface area contributed by atoms with Crippen molar-refractivity contribution in [3.8, 4) is 0 Å². The van der Waals surface area contributed by atoms with Crippen molar-refractivity contribution in [3.63, 3.8) is 0 Å². The van der Waals surface area contributed by atoms with Crippen molar-refractivity contribution in [2.75, 3.05) is 39.3 Å². The first-order valence-electron chi connectivity index (χ1n) is 8.63. The number of likely N-dealkylation sites (N-methyl/N-ethyl adjacent to an activating group) is 1. The van der Waals surface area contributed by atoms with Crippen LogP contribution in [0.3, 0.4) is 0 Å². The van der Waals surface area contributed by atoms with Crippen molar-refractivity contribution in [1.82, 2.24) is 15.1 Å². The lowest BCUT2D eigenvalue weighted by Crippen LogP contribution is -2.48. The van der Waals surface area contributed by atoms with Gasteiger partial charge < -0.3 is 19.9 Å². The number of rotatable bonds is 7. The van der Waals surface area contributed by atoms with E-state index in [-0.39, 0.29) is 12.5 Å². The molecule has 6 heteroatoms. The first kappa shape index (κ1) is 18.3. The number of nitrogens with zero attached hydrogens (tertiary/aromatic N) is 2. The molecule has 0 unspecified atom stereocenters. The molecular weight excluding hydrogens is 306 g/mol. The zero-order chi connectivity index (χ0) is 17.2. The van der Waals surface area contributed by atoms with Crippen LogP contribution in [0.25, 0.3) is 0 Å². The van der Waals surface area contributed by atoms with E-state index in [1.54, 1.807) is 0 Å². The van der Waals surface area contributed by atoms with E-state index >= 15 is 0 Å². The molecule has 1 N–H and O–H groups in total. The molecule has 2 amide bonds. The van der Waals surface area contributed by atoms with E-state index in [1.807, 2.05) is 35.2 Å². The molecule has 6 nitrogen and oxygen atoms in total. The highest BCUT2D eigenvalue weighted by Gasteiger charge is 2.19. The minimum Gasteiger partial charge on any atom is -0.445 e. The number of alkyl carbamates (subject to hydrolysis) is 1. The Labute approximate surface area is 143 Å². The van der Waals surface area contributed by atoms with E-state index in [2.05, 4.69) is 17.1 Å². The summed E-state index contributed by atoms with van der Waals surface area (Å²) in [5, 5.41) is 2.69. The second kappa shape index (κ2) is 9.93. The second-order valence-corrected chi connectivity index (χ2v) is 5.91. The van der Waals surface area contributed by atoms with E-state index in [0.717, 1.165) is 38.3 Å². The lowest BCUT2D eigenvalue weighted by Gasteiger charge is -2.34. The molecule has 1 aromatic carbocycles. The van der Waals surface area contributed by atoms with Crippen molar-refractivity contribution in [1.29, 1.82) is 0 Å². The topological polar surface area (TPSA) is 61.9 Å². The largest absolute Gasteiger partial charge is 0.445 e. The lowest BCUT2D eigenvalue weighted by atomic mass is 10.2. The molecule has 1 saturated heterocycles. The van der Waals surface area contributed by atoms with Crippen molar-refractivity contribution in [3.05, 3.63) is 35.9 Å². The molecule has 0 aromatic heterocycles. The van der Waals surface area contributed by atoms with Gasteiger partial charge in [-0.15, -0.1) is 0 Å². The fourth-order valence-corrected chi connectivity index (χ4v) is 2.68. The van der Waals surface area contributed by atoms with E-state index < -0.39 is 6.09 Å². The molecule has 1 aromatic rings. The molecule has 0 aliphatic carbocycles. The average Bonchev–Trinajstić information content (AvgIpc) is 2.64. The van der Waals surface area contributed by atoms with Crippen LogP contribution >= 0.6 is 0 Å². The predicted molar refractivity (Wildman–Crippen MR) is 92.6 cm³/mol. The SMILES string of the molecule is CCN1CCN(C(=O)CCCNC(=O)OCc2ccccc2)CC1. The Morgan fingerprint density at radius 3 is 2.50 bits per heavy atom. The first-order chi connectivity index (χ1) is 11.7. The summed E-state index contributed by atoms with van der Waals surface area (Å²) in [6.45, 7) is 7.40. The lowest BCUT2D eigenvalue weighted by molar-refractivity contribution is -0.133. The van der Waals surface area contributed by atoms with Crippen LogP contribution in [0.5, 0.6) is 0 Å². The number of ether oxygens (including phenoxy) is 1. The van der Waals surface area contributed by atoms with Gasteiger partial charge in [0.15, 0.2) is 0 Å². The number of carbonyl (C=O) groups is 2. The van der Waals surface area contributed by atoms with Gasteiger partial charge in [-0.2, -0.15) is 0 Å². The summed E-state index contributed by atoms with van der Waals surface area (Å²) in [4.78, 5) is 28.0. The monoisotopic (exact) mass is 333 g/mol. The molecule has 0 bridgehead atoms. The summed E-state index contributed by atoms with van der Waals surface area (Å²) in [6, 6.07) is 9.54. The smallest absolute Gasteiger partial charge is 0.407 e.